The quantitative estimate of drug-likeness (QED) is 0.330. The summed E-state index contributed by atoms with van der Waals surface area (Å²) in [6, 6.07) is 3.81. The number of amidine groups is 1. The first kappa shape index (κ1) is 24.4. The van der Waals surface area contributed by atoms with E-state index in [2.05, 4.69) is 36.9 Å². The molecule has 0 N–H and O–H groups in total. The molecule has 1 aromatic rings. The molecule has 0 aliphatic heterocycles. The van der Waals surface area contributed by atoms with Crippen LogP contribution in [0.25, 0.3) is 0 Å². The first-order valence-corrected chi connectivity index (χ1v) is 10.6. The van der Waals surface area contributed by atoms with Crippen molar-refractivity contribution in [2.24, 2.45) is 25.0 Å². The van der Waals surface area contributed by atoms with Crippen molar-refractivity contribution >= 4 is 47.3 Å². The van der Waals surface area contributed by atoms with Gasteiger partial charge in [0, 0.05) is 31.4 Å². The second-order valence-corrected chi connectivity index (χ2v) is 6.62. The third-order valence-corrected chi connectivity index (χ3v) is 4.43. The molecule has 0 aromatic carbocycles. The summed E-state index contributed by atoms with van der Waals surface area (Å²) in [5.41, 5.74) is 2.58. The lowest BCUT2D eigenvalue weighted by molar-refractivity contribution is 0.342. The summed E-state index contributed by atoms with van der Waals surface area (Å²) in [7, 11) is 1.71. The van der Waals surface area contributed by atoms with Crippen molar-refractivity contribution in [2.45, 2.75) is 45.2 Å². The maximum atomic E-state index is 5.65. The van der Waals surface area contributed by atoms with Crippen molar-refractivity contribution < 1.29 is 4.74 Å². The van der Waals surface area contributed by atoms with Gasteiger partial charge in [-0.05, 0) is 51.7 Å². The molecule has 0 saturated carbocycles. The molecule has 1 aromatic heterocycles. The summed E-state index contributed by atoms with van der Waals surface area (Å²) in [6.45, 7) is 8.13. The molecule has 1 rings (SSSR count). The van der Waals surface area contributed by atoms with E-state index in [9.17, 15) is 0 Å². The zero-order valence-corrected chi connectivity index (χ0v) is 18.8. The Morgan fingerprint density at radius 2 is 2.17 bits per heavy atom. The van der Waals surface area contributed by atoms with Gasteiger partial charge in [-0.3, -0.25) is 15.0 Å². The monoisotopic (exact) mass is 414 g/mol. The number of thioether (sulfide) groups is 1. The Hall–Kier alpha value is -2.61. The zero-order chi connectivity index (χ0) is 21.5. The molecule has 0 fully saturated rings. The molecule has 29 heavy (non-hydrogen) atoms. The summed E-state index contributed by atoms with van der Waals surface area (Å²) in [6.07, 6.45) is 11.6. The van der Waals surface area contributed by atoms with E-state index in [1.807, 2.05) is 45.2 Å². The number of aromatic nitrogens is 1. The van der Waals surface area contributed by atoms with Gasteiger partial charge in [0.15, 0.2) is 0 Å². The Morgan fingerprint density at radius 1 is 1.38 bits per heavy atom. The van der Waals surface area contributed by atoms with Gasteiger partial charge in [-0.15, -0.1) is 11.8 Å². The molecule has 1 atom stereocenters. The summed E-state index contributed by atoms with van der Waals surface area (Å²) >= 11 is 1.55. The lowest BCUT2D eigenvalue weighted by Crippen LogP contribution is -2.19. The van der Waals surface area contributed by atoms with E-state index in [0.29, 0.717) is 18.3 Å². The molecule has 0 amide bonds. The molecule has 1 heterocycles. The van der Waals surface area contributed by atoms with Crippen molar-refractivity contribution in [2.75, 3.05) is 19.9 Å². The number of hydrogen-bond donors (Lipinski definition) is 0. The van der Waals surface area contributed by atoms with Gasteiger partial charge in [-0.2, -0.15) is 0 Å². The highest BCUT2D eigenvalue weighted by Crippen LogP contribution is 2.24. The van der Waals surface area contributed by atoms with E-state index in [0.717, 1.165) is 22.8 Å². The molecule has 1 unspecified atom stereocenters. The first-order valence-electron chi connectivity index (χ1n) is 9.42. The summed E-state index contributed by atoms with van der Waals surface area (Å²) in [5, 5.41) is 0.864. The van der Waals surface area contributed by atoms with Crippen LogP contribution in [0.2, 0.25) is 0 Å². The third-order valence-electron chi connectivity index (χ3n) is 3.73. The van der Waals surface area contributed by atoms with Crippen LogP contribution in [0.5, 0.6) is 0 Å². The van der Waals surface area contributed by atoms with E-state index in [4.69, 9.17) is 4.74 Å². The van der Waals surface area contributed by atoms with Gasteiger partial charge in [-0.1, -0.05) is 6.92 Å². The minimum absolute atomic E-state index is 0.263. The fourth-order valence-electron chi connectivity index (χ4n) is 2.01. The average molecular weight is 415 g/mol. The maximum absolute atomic E-state index is 5.65. The molecular weight excluding hydrogens is 384 g/mol. The number of hydrogen-bond acceptors (Lipinski definition) is 7. The normalized spacial score (nSPS) is 15.0. The molecule has 0 radical (unpaired) electrons. The van der Waals surface area contributed by atoms with Crippen LogP contribution in [0.15, 0.2) is 60.6 Å². The Balaban J connectivity index is 2.85. The van der Waals surface area contributed by atoms with Crippen LogP contribution < -0.4 is 0 Å². The molecule has 156 valence electrons. The standard InChI is InChI=1S/C21H30N6OS/c1-7-16(3)24-13-10-14-28-21(23-8-2)27-17(4)19(22-5)15-26-18-11-9-12-25-20(18)29-6/h8-13,15,17H,7,14H2,1-6H3/b13-10+,22-19?,23-8?,24-16?,26-15?,27-21?. The van der Waals surface area contributed by atoms with E-state index >= 15 is 0 Å². The Kier molecular flexibility index (Phi) is 12.1. The van der Waals surface area contributed by atoms with Crippen LogP contribution in [-0.4, -0.2) is 60.8 Å². The second kappa shape index (κ2) is 14.4. The van der Waals surface area contributed by atoms with Gasteiger partial charge < -0.3 is 4.74 Å². The smallest absolute Gasteiger partial charge is 0.312 e. The Morgan fingerprint density at radius 3 is 2.83 bits per heavy atom. The van der Waals surface area contributed by atoms with Crippen LogP contribution in [0, 0.1) is 0 Å². The van der Waals surface area contributed by atoms with E-state index in [1.165, 1.54) is 0 Å². The minimum atomic E-state index is -0.263. The Labute approximate surface area is 178 Å². The first-order chi connectivity index (χ1) is 14.0. The molecule has 0 aliphatic carbocycles. The predicted molar refractivity (Wildman–Crippen MR) is 127 cm³/mol. The van der Waals surface area contributed by atoms with Crippen LogP contribution in [0.3, 0.4) is 0 Å². The van der Waals surface area contributed by atoms with Crippen LogP contribution in [-0.2, 0) is 4.74 Å². The van der Waals surface area contributed by atoms with Gasteiger partial charge in [0.25, 0.3) is 0 Å². The van der Waals surface area contributed by atoms with Gasteiger partial charge >= 0.3 is 6.02 Å². The van der Waals surface area contributed by atoms with Gasteiger partial charge in [0.2, 0.25) is 0 Å². The molecule has 8 heteroatoms. The highest BCUT2D eigenvalue weighted by molar-refractivity contribution is 7.98. The van der Waals surface area contributed by atoms with Crippen molar-refractivity contribution in [1.82, 2.24) is 4.98 Å². The van der Waals surface area contributed by atoms with Crippen molar-refractivity contribution in [3.05, 3.63) is 30.6 Å². The fraction of sp³-hybridized carbons (Fsp3) is 0.429. The maximum Gasteiger partial charge on any atom is 0.312 e. The topological polar surface area (TPSA) is 83.9 Å². The predicted octanol–water partition coefficient (Wildman–Crippen LogP) is 4.81. The van der Waals surface area contributed by atoms with Crippen LogP contribution >= 0.6 is 11.8 Å². The second-order valence-electron chi connectivity index (χ2n) is 5.83. The van der Waals surface area contributed by atoms with Gasteiger partial charge in [-0.25, -0.2) is 15.0 Å². The van der Waals surface area contributed by atoms with E-state index in [-0.39, 0.29) is 6.04 Å². The lowest BCUT2D eigenvalue weighted by Gasteiger charge is -2.08. The highest BCUT2D eigenvalue weighted by atomic mass is 32.2. The number of pyridine rings is 1. The van der Waals surface area contributed by atoms with Crippen LogP contribution in [0.4, 0.5) is 5.69 Å². The zero-order valence-electron chi connectivity index (χ0n) is 18.0. The van der Waals surface area contributed by atoms with Crippen molar-refractivity contribution in [3.8, 4) is 0 Å². The van der Waals surface area contributed by atoms with Gasteiger partial charge in [0.05, 0.1) is 23.7 Å². The largest absolute Gasteiger partial charge is 0.459 e. The van der Waals surface area contributed by atoms with Crippen molar-refractivity contribution in [1.29, 1.82) is 0 Å². The molecule has 7 nitrogen and oxygen atoms in total. The number of aliphatic imine (C=N–C) groups is 5. The molecule has 0 spiro atoms. The van der Waals surface area contributed by atoms with Crippen molar-refractivity contribution in [3.63, 3.8) is 0 Å². The fourth-order valence-corrected chi connectivity index (χ4v) is 2.51. The van der Waals surface area contributed by atoms with Gasteiger partial charge in [0.1, 0.15) is 11.6 Å². The Bertz CT molecular complexity index is 811. The third kappa shape index (κ3) is 9.43. The minimum Gasteiger partial charge on any atom is -0.459 e. The molecule has 0 bridgehead atoms. The molecule has 0 aliphatic rings. The number of ether oxygens (including phenoxy) is 1. The van der Waals surface area contributed by atoms with Crippen LogP contribution in [0.1, 0.15) is 34.1 Å². The van der Waals surface area contributed by atoms with E-state index < -0.39 is 0 Å². The number of rotatable bonds is 9. The molecule has 0 saturated heterocycles. The summed E-state index contributed by atoms with van der Waals surface area (Å²) < 4.78 is 5.65. The summed E-state index contributed by atoms with van der Waals surface area (Å²) in [5.74, 6) is 0. The van der Waals surface area contributed by atoms with E-state index in [1.54, 1.807) is 43.6 Å². The average Bonchev–Trinajstić information content (AvgIpc) is 2.74. The number of nitrogens with zero attached hydrogens (tertiary/aromatic N) is 6. The highest BCUT2D eigenvalue weighted by Gasteiger charge is 2.09. The molecular formula is C21H30N6OS. The SMILES string of the molecule is CC=NC(=NC(C)C(C=Nc1cccnc1SC)=NC)OC/C=C/N=C(C)CC. The summed E-state index contributed by atoms with van der Waals surface area (Å²) in [4.78, 5) is 26.1. The lowest BCUT2D eigenvalue weighted by atomic mass is 10.2.